The van der Waals surface area contributed by atoms with Gasteiger partial charge in [-0.3, -0.25) is 4.79 Å². The first kappa shape index (κ1) is 18.4. The second-order valence-electron chi connectivity index (χ2n) is 6.31. The molecular formula is C24H18N2O3. The second kappa shape index (κ2) is 8.35. The van der Waals surface area contributed by atoms with E-state index in [1.54, 1.807) is 30.6 Å². The number of carbonyl (C=O) groups excluding carboxylic acids is 1. The number of carbonyl (C=O) groups is 1. The standard InChI is InChI=1S/C24H18N2O3/c1-17(27)28-20-15-21(18-9-4-2-5-10-18)23(29-24-25-13-8-14-26-24)22(16-20)19-11-6-3-7-12-19/h2-16H,1H3. The number of benzene rings is 3. The smallest absolute Gasteiger partial charge is 0.321 e. The maximum absolute atomic E-state index is 11.6. The summed E-state index contributed by atoms with van der Waals surface area (Å²) in [6, 6.07) is 25.1. The fourth-order valence-corrected chi connectivity index (χ4v) is 3.03. The van der Waals surface area contributed by atoms with E-state index in [0.29, 0.717) is 11.5 Å². The van der Waals surface area contributed by atoms with Crippen LogP contribution in [0.1, 0.15) is 6.92 Å². The van der Waals surface area contributed by atoms with Gasteiger partial charge in [0, 0.05) is 30.4 Å². The van der Waals surface area contributed by atoms with Crippen LogP contribution in [0.2, 0.25) is 0 Å². The summed E-state index contributed by atoms with van der Waals surface area (Å²) in [7, 11) is 0. The van der Waals surface area contributed by atoms with Crippen molar-refractivity contribution in [2.45, 2.75) is 6.92 Å². The van der Waals surface area contributed by atoms with Gasteiger partial charge in [-0.05, 0) is 29.3 Å². The lowest BCUT2D eigenvalue weighted by atomic mass is 9.96. The van der Waals surface area contributed by atoms with Gasteiger partial charge in [0.25, 0.3) is 0 Å². The fraction of sp³-hybridized carbons (Fsp3) is 0.0417. The van der Waals surface area contributed by atoms with Crippen molar-refractivity contribution in [3.05, 3.63) is 91.3 Å². The number of hydrogen-bond acceptors (Lipinski definition) is 5. The van der Waals surface area contributed by atoms with Crippen LogP contribution in [0.5, 0.6) is 17.5 Å². The highest BCUT2D eigenvalue weighted by Gasteiger charge is 2.18. The van der Waals surface area contributed by atoms with Gasteiger partial charge in [-0.25, -0.2) is 9.97 Å². The molecule has 0 aliphatic rings. The van der Waals surface area contributed by atoms with Crippen LogP contribution in [0.4, 0.5) is 0 Å². The third-order valence-corrected chi connectivity index (χ3v) is 4.23. The molecule has 0 atom stereocenters. The Bertz CT molecular complexity index is 1050. The van der Waals surface area contributed by atoms with Crippen LogP contribution in [0, 0.1) is 0 Å². The Morgan fingerprint density at radius 3 is 1.76 bits per heavy atom. The normalized spacial score (nSPS) is 10.4. The van der Waals surface area contributed by atoms with Gasteiger partial charge < -0.3 is 9.47 Å². The second-order valence-corrected chi connectivity index (χ2v) is 6.31. The number of hydrogen-bond donors (Lipinski definition) is 0. The lowest BCUT2D eigenvalue weighted by molar-refractivity contribution is -0.131. The molecule has 0 radical (unpaired) electrons. The average molecular weight is 382 g/mol. The Hall–Kier alpha value is -3.99. The molecule has 4 aromatic rings. The zero-order valence-corrected chi connectivity index (χ0v) is 15.8. The molecule has 0 bridgehead atoms. The average Bonchev–Trinajstić information content (AvgIpc) is 2.76. The Kier molecular flexibility index (Phi) is 5.29. The third-order valence-electron chi connectivity index (χ3n) is 4.23. The van der Waals surface area contributed by atoms with E-state index < -0.39 is 0 Å². The molecule has 1 heterocycles. The highest BCUT2D eigenvalue weighted by molar-refractivity contribution is 5.85. The Morgan fingerprint density at radius 1 is 0.759 bits per heavy atom. The molecule has 4 rings (SSSR count). The number of ether oxygens (including phenoxy) is 2. The molecule has 0 amide bonds. The number of nitrogens with zero attached hydrogens (tertiary/aromatic N) is 2. The van der Waals surface area contributed by atoms with E-state index >= 15 is 0 Å². The Morgan fingerprint density at radius 2 is 1.28 bits per heavy atom. The van der Waals surface area contributed by atoms with Crippen molar-refractivity contribution in [1.82, 2.24) is 9.97 Å². The van der Waals surface area contributed by atoms with E-state index in [0.717, 1.165) is 22.3 Å². The van der Waals surface area contributed by atoms with Crippen molar-refractivity contribution in [1.29, 1.82) is 0 Å². The van der Waals surface area contributed by atoms with Gasteiger partial charge in [-0.15, -0.1) is 0 Å². The summed E-state index contributed by atoms with van der Waals surface area (Å²) in [5.74, 6) is 0.643. The lowest BCUT2D eigenvalue weighted by Crippen LogP contribution is -2.03. The zero-order chi connectivity index (χ0) is 20.1. The van der Waals surface area contributed by atoms with Gasteiger partial charge in [-0.1, -0.05) is 60.7 Å². The van der Waals surface area contributed by atoms with E-state index in [2.05, 4.69) is 9.97 Å². The molecule has 5 heteroatoms. The minimum absolute atomic E-state index is 0.238. The van der Waals surface area contributed by atoms with Gasteiger partial charge in [0.2, 0.25) is 0 Å². The topological polar surface area (TPSA) is 61.3 Å². The molecule has 0 aliphatic heterocycles. The molecule has 0 unspecified atom stereocenters. The van der Waals surface area contributed by atoms with Gasteiger partial charge in [0.1, 0.15) is 11.5 Å². The highest BCUT2D eigenvalue weighted by Crippen LogP contribution is 2.43. The molecule has 5 nitrogen and oxygen atoms in total. The van der Waals surface area contributed by atoms with E-state index in [9.17, 15) is 4.79 Å². The summed E-state index contributed by atoms with van der Waals surface area (Å²) in [6.07, 6.45) is 3.25. The predicted molar refractivity (Wildman–Crippen MR) is 111 cm³/mol. The van der Waals surface area contributed by atoms with Gasteiger partial charge in [-0.2, -0.15) is 0 Å². The van der Waals surface area contributed by atoms with Crippen LogP contribution in [0.3, 0.4) is 0 Å². The third kappa shape index (κ3) is 4.30. The molecule has 0 aliphatic carbocycles. The van der Waals surface area contributed by atoms with E-state index in [-0.39, 0.29) is 12.0 Å². The molecular weight excluding hydrogens is 364 g/mol. The summed E-state index contributed by atoms with van der Waals surface area (Å²) < 4.78 is 11.6. The van der Waals surface area contributed by atoms with Crippen LogP contribution < -0.4 is 9.47 Å². The van der Waals surface area contributed by atoms with Gasteiger partial charge >= 0.3 is 12.0 Å². The number of aromatic nitrogens is 2. The summed E-state index contributed by atoms with van der Waals surface area (Å²) in [5, 5.41) is 0. The van der Waals surface area contributed by atoms with E-state index in [1.807, 2.05) is 60.7 Å². The Labute approximate surface area is 168 Å². The predicted octanol–water partition coefficient (Wildman–Crippen LogP) is 5.53. The van der Waals surface area contributed by atoms with E-state index in [4.69, 9.17) is 9.47 Å². The first-order valence-corrected chi connectivity index (χ1v) is 9.13. The molecule has 0 saturated heterocycles. The van der Waals surface area contributed by atoms with Crippen molar-refractivity contribution in [2.24, 2.45) is 0 Å². The van der Waals surface area contributed by atoms with E-state index in [1.165, 1.54) is 6.92 Å². The van der Waals surface area contributed by atoms with Crippen molar-refractivity contribution < 1.29 is 14.3 Å². The monoisotopic (exact) mass is 382 g/mol. The quantitative estimate of drug-likeness (QED) is 0.336. The van der Waals surface area contributed by atoms with Crippen molar-refractivity contribution >= 4 is 5.97 Å². The summed E-state index contributed by atoms with van der Waals surface area (Å²) in [4.78, 5) is 20.0. The molecule has 3 aromatic carbocycles. The molecule has 0 fully saturated rings. The van der Waals surface area contributed by atoms with Gasteiger partial charge in [0.05, 0.1) is 0 Å². The fourth-order valence-electron chi connectivity index (χ4n) is 3.03. The van der Waals surface area contributed by atoms with Crippen LogP contribution in [0.25, 0.3) is 22.3 Å². The van der Waals surface area contributed by atoms with Crippen LogP contribution in [-0.4, -0.2) is 15.9 Å². The molecule has 0 N–H and O–H groups in total. The van der Waals surface area contributed by atoms with Gasteiger partial charge in [0.15, 0.2) is 0 Å². The summed E-state index contributed by atoms with van der Waals surface area (Å²) >= 11 is 0. The minimum atomic E-state index is -0.386. The van der Waals surface area contributed by atoms with Crippen LogP contribution in [-0.2, 0) is 4.79 Å². The summed E-state index contributed by atoms with van der Waals surface area (Å²) in [6.45, 7) is 1.38. The molecule has 29 heavy (non-hydrogen) atoms. The largest absolute Gasteiger partial charge is 0.427 e. The number of esters is 1. The van der Waals surface area contributed by atoms with Crippen LogP contribution >= 0.6 is 0 Å². The zero-order valence-electron chi connectivity index (χ0n) is 15.8. The molecule has 1 aromatic heterocycles. The highest BCUT2D eigenvalue weighted by atomic mass is 16.5. The lowest BCUT2D eigenvalue weighted by Gasteiger charge is -2.17. The maximum atomic E-state index is 11.6. The first-order chi connectivity index (χ1) is 14.2. The summed E-state index contributed by atoms with van der Waals surface area (Å²) in [5.41, 5.74) is 3.39. The molecule has 142 valence electrons. The first-order valence-electron chi connectivity index (χ1n) is 9.13. The van der Waals surface area contributed by atoms with Crippen LogP contribution in [0.15, 0.2) is 91.3 Å². The SMILES string of the molecule is CC(=O)Oc1cc(-c2ccccc2)c(Oc2ncccn2)c(-c2ccccc2)c1. The van der Waals surface area contributed by atoms with Crippen molar-refractivity contribution in [3.8, 4) is 39.8 Å². The van der Waals surface area contributed by atoms with Crippen molar-refractivity contribution in [2.75, 3.05) is 0 Å². The maximum Gasteiger partial charge on any atom is 0.321 e. The molecule has 0 saturated carbocycles. The molecule has 0 spiro atoms. The minimum Gasteiger partial charge on any atom is -0.427 e. The number of rotatable bonds is 5. The Balaban J connectivity index is 1.96. The van der Waals surface area contributed by atoms with Crippen molar-refractivity contribution in [3.63, 3.8) is 0 Å².